The summed E-state index contributed by atoms with van der Waals surface area (Å²) < 4.78 is 5.20. The zero-order chi connectivity index (χ0) is 13.9. The fourth-order valence-corrected chi connectivity index (χ4v) is 3.15. The van der Waals surface area contributed by atoms with Gasteiger partial charge < -0.3 is 14.8 Å². The lowest BCUT2D eigenvalue weighted by Gasteiger charge is -2.24. The van der Waals surface area contributed by atoms with E-state index >= 15 is 0 Å². The first kappa shape index (κ1) is 12.9. The number of benzene rings is 1. The number of carbonyl (C=O) groups excluding carboxylic acids is 2. The highest BCUT2D eigenvalue weighted by Crippen LogP contribution is 2.42. The average molecular weight is 271 g/mol. The SMILES string of the molecule is O=C[C@H]1[C@H](NC(=O)OCc2ccccc2)[C@H]2C=C[C@H]1C2. The number of amides is 1. The van der Waals surface area contributed by atoms with Crippen LogP contribution in [0.2, 0.25) is 0 Å². The topological polar surface area (TPSA) is 55.4 Å². The third kappa shape index (κ3) is 2.46. The molecule has 1 N–H and O–H groups in total. The van der Waals surface area contributed by atoms with Crippen LogP contribution in [0.4, 0.5) is 4.79 Å². The van der Waals surface area contributed by atoms with Crippen molar-refractivity contribution in [1.29, 1.82) is 0 Å². The molecular weight excluding hydrogens is 254 g/mol. The molecule has 0 aliphatic heterocycles. The molecule has 1 saturated carbocycles. The van der Waals surface area contributed by atoms with Crippen LogP contribution in [0, 0.1) is 17.8 Å². The summed E-state index contributed by atoms with van der Waals surface area (Å²) in [6, 6.07) is 9.41. The van der Waals surface area contributed by atoms with Gasteiger partial charge in [-0.1, -0.05) is 42.5 Å². The van der Waals surface area contributed by atoms with Crippen molar-refractivity contribution in [3.63, 3.8) is 0 Å². The van der Waals surface area contributed by atoms with Gasteiger partial charge in [-0.15, -0.1) is 0 Å². The van der Waals surface area contributed by atoms with E-state index in [0.29, 0.717) is 0 Å². The normalized spacial score (nSPS) is 30.2. The Bertz CT molecular complexity index is 526. The first-order valence-electron chi connectivity index (χ1n) is 6.89. The Balaban J connectivity index is 1.54. The number of ether oxygens (including phenoxy) is 1. The monoisotopic (exact) mass is 271 g/mol. The van der Waals surface area contributed by atoms with E-state index in [9.17, 15) is 9.59 Å². The number of carbonyl (C=O) groups is 2. The van der Waals surface area contributed by atoms with Crippen molar-refractivity contribution < 1.29 is 14.3 Å². The molecule has 4 atom stereocenters. The lowest BCUT2D eigenvalue weighted by Crippen LogP contribution is -2.43. The van der Waals surface area contributed by atoms with Crippen molar-refractivity contribution in [2.75, 3.05) is 0 Å². The zero-order valence-corrected chi connectivity index (χ0v) is 11.1. The smallest absolute Gasteiger partial charge is 0.407 e. The van der Waals surface area contributed by atoms with Gasteiger partial charge in [-0.05, 0) is 23.8 Å². The third-order valence-electron chi connectivity index (χ3n) is 4.17. The molecule has 2 aliphatic carbocycles. The molecule has 1 amide bonds. The van der Waals surface area contributed by atoms with Gasteiger partial charge in [0, 0.05) is 12.0 Å². The fraction of sp³-hybridized carbons (Fsp3) is 0.375. The van der Waals surface area contributed by atoms with Gasteiger partial charge in [0.2, 0.25) is 0 Å². The molecule has 0 heterocycles. The minimum atomic E-state index is -0.452. The van der Waals surface area contributed by atoms with Crippen molar-refractivity contribution in [1.82, 2.24) is 5.32 Å². The van der Waals surface area contributed by atoms with E-state index in [-0.39, 0.29) is 30.4 Å². The Labute approximate surface area is 117 Å². The second kappa shape index (κ2) is 5.49. The van der Waals surface area contributed by atoms with Crippen molar-refractivity contribution in [2.24, 2.45) is 17.8 Å². The predicted molar refractivity (Wildman–Crippen MR) is 73.8 cm³/mol. The largest absolute Gasteiger partial charge is 0.445 e. The van der Waals surface area contributed by atoms with Crippen LogP contribution < -0.4 is 5.32 Å². The summed E-state index contributed by atoms with van der Waals surface area (Å²) in [6.07, 6.45) is 5.62. The molecule has 1 aromatic carbocycles. The van der Waals surface area contributed by atoms with Crippen LogP contribution in [0.5, 0.6) is 0 Å². The standard InChI is InChI=1S/C16H17NO3/c18-9-14-12-6-7-13(8-12)15(14)17-16(19)20-10-11-4-2-1-3-5-11/h1-7,9,12-15H,8,10H2,(H,17,19)/t12-,13-,14+,15+/m0/s1. The van der Waals surface area contributed by atoms with E-state index in [1.54, 1.807) is 0 Å². The fourth-order valence-electron chi connectivity index (χ4n) is 3.15. The summed E-state index contributed by atoms with van der Waals surface area (Å²) in [7, 11) is 0. The van der Waals surface area contributed by atoms with Gasteiger partial charge in [-0.25, -0.2) is 4.79 Å². The second-order valence-electron chi connectivity index (χ2n) is 5.39. The molecule has 1 aromatic rings. The van der Waals surface area contributed by atoms with Crippen molar-refractivity contribution >= 4 is 12.4 Å². The average Bonchev–Trinajstić information content (AvgIpc) is 3.07. The summed E-state index contributed by atoms with van der Waals surface area (Å²) >= 11 is 0. The summed E-state index contributed by atoms with van der Waals surface area (Å²) in [5.41, 5.74) is 0.947. The van der Waals surface area contributed by atoms with Crippen LogP contribution in [-0.4, -0.2) is 18.4 Å². The van der Waals surface area contributed by atoms with E-state index in [1.165, 1.54) is 0 Å². The maximum Gasteiger partial charge on any atom is 0.407 e. The molecule has 3 rings (SSSR count). The maximum absolute atomic E-state index is 11.8. The Kier molecular flexibility index (Phi) is 3.54. The first-order valence-corrected chi connectivity index (χ1v) is 6.89. The molecule has 2 aliphatic rings. The number of hydrogen-bond donors (Lipinski definition) is 1. The van der Waals surface area contributed by atoms with Gasteiger partial charge in [0.15, 0.2) is 0 Å². The molecule has 104 valence electrons. The van der Waals surface area contributed by atoms with Crippen LogP contribution in [0.3, 0.4) is 0 Å². The lowest BCUT2D eigenvalue weighted by molar-refractivity contribution is -0.112. The molecule has 0 radical (unpaired) electrons. The van der Waals surface area contributed by atoms with Crippen LogP contribution in [0.15, 0.2) is 42.5 Å². The number of hydrogen-bond acceptors (Lipinski definition) is 3. The van der Waals surface area contributed by atoms with E-state index in [4.69, 9.17) is 4.74 Å². The molecule has 20 heavy (non-hydrogen) atoms. The molecule has 4 nitrogen and oxygen atoms in total. The van der Waals surface area contributed by atoms with Crippen molar-refractivity contribution in [3.8, 4) is 0 Å². The van der Waals surface area contributed by atoms with Crippen LogP contribution in [0.1, 0.15) is 12.0 Å². The van der Waals surface area contributed by atoms with Gasteiger partial charge in [0.1, 0.15) is 12.9 Å². The Morgan fingerprint density at radius 1 is 1.25 bits per heavy atom. The summed E-state index contributed by atoms with van der Waals surface area (Å²) in [6.45, 7) is 0.245. The van der Waals surface area contributed by atoms with Crippen molar-refractivity contribution in [2.45, 2.75) is 19.1 Å². The minimum Gasteiger partial charge on any atom is -0.445 e. The Morgan fingerprint density at radius 3 is 2.75 bits per heavy atom. The summed E-state index contributed by atoms with van der Waals surface area (Å²) in [4.78, 5) is 23.0. The molecule has 0 saturated heterocycles. The molecule has 0 spiro atoms. The Morgan fingerprint density at radius 2 is 2.00 bits per heavy atom. The van der Waals surface area contributed by atoms with Gasteiger partial charge >= 0.3 is 6.09 Å². The Hall–Kier alpha value is -2.10. The number of nitrogens with one attached hydrogen (secondary N) is 1. The molecule has 1 fully saturated rings. The van der Waals surface area contributed by atoms with E-state index in [1.807, 2.05) is 30.3 Å². The summed E-state index contributed by atoms with van der Waals surface area (Å²) in [5, 5.41) is 2.84. The number of fused-ring (bicyclic) bond motifs is 2. The zero-order valence-electron chi connectivity index (χ0n) is 11.1. The van der Waals surface area contributed by atoms with E-state index < -0.39 is 6.09 Å². The van der Waals surface area contributed by atoms with Crippen LogP contribution >= 0.6 is 0 Å². The molecule has 4 heteroatoms. The van der Waals surface area contributed by atoms with Crippen molar-refractivity contribution in [3.05, 3.63) is 48.0 Å². The highest BCUT2D eigenvalue weighted by Gasteiger charge is 2.45. The van der Waals surface area contributed by atoms with E-state index in [2.05, 4.69) is 17.5 Å². The first-order chi connectivity index (χ1) is 9.78. The van der Waals surface area contributed by atoms with Gasteiger partial charge in [0.05, 0.1) is 0 Å². The number of aldehydes is 1. The second-order valence-corrected chi connectivity index (χ2v) is 5.39. The maximum atomic E-state index is 11.8. The molecular formula is C16H17NO3. The highest BCUT2D eigenvalue weighted by molar-refractivity contribution is 5.69. The minimum absolute atomic E-state index is 0.116. The van der Waals surface area contributed by atoms with Gasteiger partial charge in [0.25, 0.3) is 0 Å². The summed E-state index contributed by atoms with van der Waals surface area (Å²) in [5.74, 6) is 0.422. The van der Waals surface area contributed by atoms with Gasteiger partial charge in [-0.2, -0.15) is 0 Å². The predicted octanol–water partition coefficient (Wildman–Crippen LogP) is 2.30. The number of rotatable bonds is 4. The highest BCUT2D eigenvalue weighted by atomic mass is 16.5. The number of allylic oxidation sites excluding steroid dienone is 1. The van der Waals surface area contributed by atoms with E-state index in [0.717, 1.165) is 18.3 Å². The van der Waals surface area contributed by atoms with Gasteiger partial charge in [-0.3, -0.25) is 0 Å². The van der Waals surface area contributed by atoms with Crippen LogP contribution in [-0.2, 0) is 16.1 Å². The lowest BCUT2D eigenvalue weighted by atomic mass is 9.90. The third-order valence-corrected chi connectivity index (χ3v) is 4.17. The molecule has 0 aromatic heterocycles. The van der Waals surface area contributed by atoms with Crippen LogP contribution in [0.25, 0.3) is 0 Å². The molecule has 2 bridgehead atoms. The quantitative estimate of drug-likeness (QED) is 0.675. The molecule has 0 unspecified atom stereocenters. The number of alkyl carbamates (subject to hydrolysis) is 1.